The van der Waals surface area contributed by atoms with E-state index in [1.165, 1.54) is 0 Å². The van der Waals surface area contributed by atoms with Crippen molar-refractivity contribution in [2.24, 2.45) is 4.99 Å². The van der Waals surface area contributed by atoms with Crippen LogP contribution < -0.4 is 0 Å². The SMILES string of the molecule is BCC(=O)C1=NCC(C)S1. The zero-order valence-electron chi connectivity index (χ0n) is 6.26. The van der Waals surface area contributed by atoms with Gasteiger partial charge in [-0.05, 0) is 6.32 Å². The molecule has 1 heterocycles. The van der Waals surface area contributed by atoms with Gasteiger partial charge in [0.25, 0.3) is 0 Å². The molecule has 0 aliphatic carbocycles. The summed E-state index contributed by atoms with van der Waals surface area (Å²) in [5.41, 5.74) is 0. The van der Waals surface area contributed by atoms with Crippen molar-refractivity contribution < 1.29 is 4.79 Å². The molecule has 0 aromatic heterocycles. The van der Waals surface area contributed by atoms with Crippen molar-refractivity contribution in [2.75, 3.05) is 6.54 Å². The number of hydrogen-bond donors (Lipinski definition) is 0. The van der Waals surface area contributed by atoms with Crippen molar-refractivity contribution in [1.29, 1.82) is 0 Å². The molecule has 1 aliphatic rings. The van der Waals surface area contributed by atoms with Crippen molar-refractivity contribution in [1.82, 2.24) is 0 Å². The smallest absolute Gasteiger partial charge is 0.179 e. The number of hydrogen-bond acceptors (Lipinski definition) is 3. The molecule has 2 nitrogen and oxygen atoms in total. The van der Waals surface area contributed by atoms with Gasteiger partial charge in [0, 0.05) is 5.25 Å². The second-order valence-corrected chi connectivity index (χ2v) is 3.78. The summed E-state index contributed by atoms with van der Waals surface area (Å²) in [7, 11) is 1.87. The first-order valence-corrected chi connectivity index (χ1v) is 4.36. The van der Waals surface area contributed by atoms with E-state index in [9.17, 15) is 4.79 Å². The van der Waals surface area contributed by atoms with Crippen molar-refractivity contribution >= 4 is 30.4 Å². The van der Waals surface area contributed by atoms with Gasteiger partial charge in [0.2, 0.25) is 0 Å². The van der Waals surface area contributed by atoms with Gasteiger partial charge >= 0.3 is 0 Å². The van der Waals surface area contributed by atoms with E-state index in [1.54, 1.807) is 11.8 Å². The molecule has 0 radical (unpaired) electrons. The molecular weight excluding hydrogens is 145 g/mol. The lowest BCUT2D eigenvalue weighted by Gasteiger charge is -1.96. The minimum absolute atomic E-state index is 0.189. The number of carbonyl (C=O) groups is 1. The summed E-state index contributed by atoms with van der Waals surface area (Å²) < 4.78 is 0. The first-order valence-electron chi connectivity index (χ1n) is 3.48. The van der Waals surface area contributed by atoms with Crippen LogP contribution in [0, 0.1) is 0 Å². The van der Waals surface area contributed by atoms with Crippen molar-refractivity contribution in [2.45, 2.75) is 18.5 Å². The Morgan fingerprint density at radius 1 is 2.00 bits per heavy atom. The summed E-state index contributed by atoms with van der Waals surface area (Å²) in [6, 6.07) is 0. The van der Waals surface area contributed by atoms with Crippen molar-refractivity contribution in [3.8, 4) is 0 Å². The molecule has 0 saturated carbocycles. The van der Waals surface area contributed by atoms with Gasteiger partial charge in [-0.3, -0.25) is 9.79 Å². The predicted molar refractivity (Wildman–Crippen MR) is 47.7 cm³/mol. The van der Waals surface area contributed by atoms with Crippen LogP contribution >= 0.6 is 11.8 Å². The highest BCUT2D eigenvalue weighted by atomic mass is 32.2. The Kier molecular flexibility index (Phi) is 2.54. The summed E-state index contributed by atoms with van der Waals surface area (Å²) in [4.78, 5) is 15.1. The normalized spacial score (nSPS) is 24.5. The fourth-order valence-electron chi connectivity index (χ4n) is 0.782. The van der Waals surface area contributed by atoms with Gasteiger partial charge in [-0.2, -0.15) is 0 Å². The van der Waals surface area contributed by atoms with E-state index in [4.69, 9.17) is 0 Å². The number of thioether (sulfide) groups is 1. The van der Waals surface area contributed by atoms with E-state index >= 15 is 0 Å². The van der Waals surface area contributed by atoms with Crippen molar-refractivity contribution in [3.05, 3.63) is 0 Å². The molecule has 0 fully saturated rings. The first kappa shape index (κ1) is 7.86. The van der Waals surface area contributed by atoms with Gasteiger partial charge in [0.1, 0.15) is 12.9 Å². The van der Waals surface area contributed by atoms with Crippen LogP contribution in [-0.2, 0) is 4.79 Å². The summed E-state index contributed by atoms with van der Waals surface area (Å²) in [6.45, 7) is 2.90. The maximum absolute atomic E-state index is 11.0. The van der Waals surface area contributed by atoms with E-state index in [1.807, 2.05) is 7.85 Å². The lowest BCUT2D eigenvalue weighted by Crippen LogP contribution is -2.07. The average molecular weight is 155 g/mol. The zero-order chi connectivity index (χ0) is 7.56. The highest BCUT2D eigenvalue weighted by Gasteiger charge is 2.19. The maximum atomic E-state index is 11.0. The van der Waals surface area contributed by atoms with Crippen LogP contribution in [0.3, 0.4) is 0 Å². The number of nitrogens with zero attached hydrogens (tertiary/aromatic N) is 1. The van der Waals surface area contributed by atoms with Gasteiger partial charge in [0.05, 0.1) is 6.54 Å². The molecule has 4 heteroatoms. The largest absolute Gasteiger partial charge is 0.293 e. The third kappa shape index (κ3) is 1.63. The Labute approximate surface area is 65.9 Å². The number of aliphatic imine (C=N–C) groups is 1. The van der Waals surface area contributed by atoms with Gasteiger partial charge < -0.3 is 0 Å². The second-order valence-electron chi connectivity index (χ2n) is 2.35. The van der Waals surface area contributed by atoms with Crippen LogP contribution in [0.1, 0.15) is 6.92 Å². The lowest BCUT2D eigenvalue weighted by molar-refractivity contribution is -0.110. The molecule has 1 unspecified atom stereocenters. The Morgan fingerprint density at radius 2 is 2.70 bits per heavy atom. The fourth-order valence-corrected chi connectivity index (χ4v) is 1.74. The molecule has 0 spiro atoms. The van der Waals surface area contributed by atoms with Gasteiger partial charge in [-0.1, -0.05) is 18.7 Å². The zero-order valence-corrected chi connectivity index (χ0v) is 7.07. The van der Waals surface area contributed by atoms with Crippen LogP contribution in [-0.4, -0.2) is 30.5 Å². The Bertz CT molecular complexity index is 181. The molecule has 0 aromatic carbocycles. The van der Waals surface area contributed by atoms with E-state index in [0.717, 1.165) is 11.6 Å². The van der Waals surface area contributed by atoms with Crippen LogP contribution in [0.25, 0.3) is 0 Å². The monoisotopic (exact) mass is 155 g/mol. The minimum Gasteiger partial charge on any atom is -0.293 e. The summed E-state index contributed by atoms with van der Waals surface area (Å²) in [6.07, 6.45) is 0.582. The van der Waals surface area contributed by atoms with Crippen LogP contribution in [0.2, 0.25) is 6.32 Å². The third-order valence-corrected chi connectivity index (χ3v) is 2.50. The number of ketones is 1. The predicted octanol–water partition coefficient (Wildman–Crippen LogP) is 0.141. The molecule has 0 N–H and O–H groups in total. The molecule has 10 heavy (non-hydrogen) atoms. The van der Waals surface area contributed by atoms with E-state index in [0.29, 0.717) is 11.6 Å². The number of rotatable bonds is 2. The molecule has 0 amide bonds. The molecule has 1 aliphatic heterocycles. The fraction of sp³-hybridized carbons (Fsp3) is 0.667. The third-order valence-electron chi connectivity index (χ3n) is 1.36. The lowest BCUT2D eigenvalue weighted by atomic mass is 10.0. The Balaban J connectivity index is 2.51. The molecule has 1 rings (SSSR count). The highest BCUT2D eigenvalue weighted by Crippen LogP contribution is 2.21. The Hall–Kier alpha value is -0.245. The first-order chi connectivity index (χ1) is 4.74. The molecule has 54 valence electrons. The minimum atomic E-state index is 0.189. The molecular formula is C6H10BNOS. The molecule has 0 saturated heterocycles. The van der Waals surface area contributed by atoms with Gasteiger partial charge in [0.15, 0.2) is 5.78 Å². The second kappa shape index (κ2) is 3.24. The summed E-state index contributed by atoms with van der Waals surface area (Å²) in [5.74, 6) is 0.189. The average Bonchev–Trinajstić information content (AvgIpc) is 2.34. The standard InChI is InChI=1S/C6H10BNOS/c1-4-3-8-6(10-4)5(9)2-7/h4H,2-3,7H2,1H3. The number of Topliss-reactive ketones (excluding diaryl/α,β-unsaturated/α-hetero) is 1. The van der Waals surface area contributed by atoms with E-state index in [2.05, 4.69) is 11.9 Å². The summed E-state index contributed by atoms with van der Waals surface area (Å²) >= 11 is 1.60. The van der Waals surface area contributed by atoms with E-state index in [-0.39, 0.29) is 5.78 Å². The van der Waals surface area contributed by atoms with Crippen LogP contribution in [0.15, 0.2) is 4.99 Å². The molecule has 1 atom stereocenters. The van der Waals surface area contributed by atoms with Crippen molar-refractivity contribution in [3.63, 3.8) is 0 Å². The maximum Gasteiger partial charge on any atom is 0.179 e. The Morgan fingerprint density at radius 3 is 3.10 bits per heavy atom. The molecule has 0 aromatic rings. The van der Waals surface area contributed by atoms with Crippen LogP contribution in [0.5, 0.6) is 0 Å². The topological polar surface area (TPSA) is 29.4 Å². The van der Waals surface area contributed by atoms with E-state index < -0.39 is 0 Å². The number of carbonyl (C=O) groups excluding carboxylic acids is 1. The molecule has 0 bridgehead atoms. The van der Waals surface area contributed by atoms with Gasteiger partial charge in [-0.25, -0.2) is 0 Å². The summed E-state index contributed by atoms with van der Waals surface area (Å²) in [5, 5.41) is 1.24. The van der Waals surface area contributed by atoms with Crippen LogP contribution in [0.4, 0.5) is 0 Å². The quantitative estimate of drug-likeness (QED) is 0.531. The van der Waals surface area contributed by atoms with Gasteiger partial charge in [-0.15, -0.1) is 0 Å². The highest BCUT2D eigenvalue weighted by molar-refractivity contribution is 8.16.